The number of nitrogens with one attached hydrogen (secondary N) is 1. The summed E-state index contributed by atoms with van der Waals surface area (Å²) in [5.74, 6) is 0.713. The third-order valence-corrected chi connectivity index (χ3v) is 9.07. The number of piperazine rings is 1. The van der Waals surface area contributed by atoms with Crippen LogP contribution in [0.4, 0.5) is 11.5 Å². The first kappa shape index (κ1) is 28.3. The van der Waals surface area contributed by atoms with Crippen LogP contribution in [0.5, 0.6) is 6.01 Å². The quantitative estimate of drug-likeness (QED) is 0.296. The summed E-state index contributed by atoms with van der Waals surface area (Å²) in [6, 6.07) is 12.4. The Morgan fingerprint density at radius 1 is 1.21 bits per heavy atom. The molecule has 2 fully saturated rings. The lowest BCUT2D eigenvalue weighted by molar-refractivity contribution is -0.128. The van der Waals surface area contributed by atoms with Crippen molar-refractivity contribution in [3.8, 4) is 6.01 Å². The van der Waals surface area contributed by atoms with Crippen molar-refractivity contribution in [3.05, 3.63) is 76.8 Å². The number of fused-ring (bicyclic) bond motifs is 2. The van der Waals surface area contributed by atoms with Crippen molar-refractivity contribution in [1.82, 2.24) is 20.2 Å². The normalized spacial score (nSPS) is 19.3. The zero-order chi connectivity index (χ0) is 29.3. The molecule has 0 radical (unpaired) electrons. The molecule has 3 heterocycles. The number of carbonyl (C=O) groups excluding carboxylic acids is 1. The van der Waals surface area contributed by atoms with E-state index in [-0.39, 0.29) is 23.9 Å². The molecule has 1 aromatic heterocycles. The van der Waals surface area contributed by atoms with Crippen LogP contribution in [0.25, 0.3) is 15.6 Å². The minimum Gasteiger partial charge on any atom is -0.463 e. The number of halogens is 1. The molecule has 1 atom stereocenters. The Morgan fingerprint density at radius 2 is 2.02 bits per heavy atom. The molecule has 1 saturated heterocycles. The van der Waals surface area contributed by atoms with E-state index in [2.05, 4.69) is 50.8 Å². The molecule has 2 aromatic carbocycles. The minimum atomic E-state index is -0.236. The highest BCUT2D eigenvalue weighted by atomic mass is 35.5. The molecule has 1 N–H and O–H groups in total. The van der Waals surface area contributed by atoms with Crippen LogP contribution >= 0.6 is 11.6 Å². The van der Waals surface area contributed by atoms with Crippen molar-refractivity contribution in [1.29, 1.82) is 0 Å². The zero-order valence-corrected chi connectivity index (χ0v) is 24.7. The van der Waals surface area contributed by atoms with Gasteiger partial charge in [0, 0.05) is 54.8 Å². The Kier molecular flexibility index (Phi) is 7.93. The van der Waals surface area contributed by atoms with Gasteiger partial charge in [-0.15, -0.1) is 0 Å². The van der Waals surface area contributed by atoms with Crippen LogP contribution in [0.1, 0.15) is 24.1 Å². The van der Waals surface area contributed by atoms with Gasteiger partial charge >= 0.3 is 6.01 Å². The van der Waals surface area contributed by atoms with Crippen molar-refractivity contribution in [2.24, 2.45) is 5.41 Å². The largest absolute Gasteiger partial charge is 0.463 e. The van der Waals surface area contributed by atoms with E-state index in [0.29, 0.717) is 38.8 Å². The second kappa shape index (κ2) is 11.8. The van der Waals surface area contributed by atoms with E-state index in [1.165, 1.54) is 6.08 Å². The lowest BCUT2D eigenvalue weighted by Crippen LogP contribution is -2.56. The van der Waals surface area contributed by atoms with Crippen LogP contribution in [-0.4, -0.2) is 79.7 Å². The number of hydrogen-bond donors (Lipinski definition) is 1. The van der Waals surface area contributed by atoms with Gasteiger partial charge in [0.25, 0.3) is 0 Å². The molecule has 218 valence electrons. The van der Waals surface area contributed by atoms with Gasteiger partial charge in [0.2, 0.25) is 12.5 Å². The number of carbonyl (C=O) groups is 1. The molecule has 9 nitrogen and oxygen atoms in total. The predicted molar refractivity (Wildman–Crippen MR) is 166 cm³/mol. The fraction of sp³-hybridized carbons (Fsp3) is 0.438. The molecule has 3 aliphatic rings. The molecule has 2 aliphatic heterocycles. The fourth-order valence-corrected chi connectivity index (χ4v) is 6.60. The molecular weight excluding hydrogens is 550 g/mol. The van der Waals surface area contributed by atoms with Gasteiger partial charge < -0.3 is 29.6 Å². The van der Waals surface area contributed by atoms with Gasteiger partial charge in [0.15, 0.2) is 0 Å². The minimum absolute atomic E-state index is 0.136. The van der Waals surface area contributed by atoms with Crippen LogP contribution in [0.15, 0.2) is 49.1 Å². The smallest absolute Gasteiger partial charge is 0.318 e. The summed E-state index contributed by atoms with van der Waals surface area (Å²) in [5.41, 5.74) is 3.27. The average Bonchev–Trinajstić information content (AvgIpc) is 3.78. The maximum Gasteiger partial charge on any atom is 0.318 e. The first-order chi connectivity index (χ1) is 20.4. The highest BCUT2D eigenvalue weighted by Crippen LogP contribution is 2.45. The van der Waals surface area contributed by atoms with E-state index in [1.54, 1.807) is 4.90 Å². The Balaban J connectivity index is 1.34. The summed E-state index contributed by atoms with van der Waals surface area (Å²) in [6.45, 7) is 15.9. The Morgan fingerprint density at radius 3 is 2.76 bits per heavy atom. The molecule has 1 saturated carbocycles. The van der Waals surface area contributed by atoms with Crippen molar-refractivity contribution >= 4 is 39.8 Å². The Bertz CT molecular complexity index is 1540. The van der Waals surface area contributed by atoms with Crippen molar-refractivity contribution in [3.63, 3.8) is 0 Å². The Labute approximate surface area is 251 Å². The van der Waals surface area contributed by atoms with Gasteiger partial charge in [-0.1, -0.05) is 42.4 Å². The molecule has 1 aliphatic carbocycles. The Hall–Kier alpha value is -3.87. The number of amides is 1. The first-order valence-electron chi connectivity index (χ1n) is 14.6. The van der Waals surface area contributed by atoms with Gasteiger partial charge in [-0.05, 0) is 49.9 Å². The topological polar surface area (TPSA) is 78.2 Å². The summed E-state index contributed by atoms with van der Waals surface area (Å²) < 4.78 is 6.31. The molecule has 0 unspecified atom stereocenters. The average molecular weight is 586 g/mol. The van der Waals surface area contributed by atoms with Crippen LogP contribution in [0.2, 0.25) is 5.02 Å². The number of nitrogens with zero attached hydrogens (tertiary/aromatic N) is 6. The molecule has 6 rings (SSSR count). The standard InChI is InChI=1S/C32H36ClN7O2/c1-4-28(41)40-16-15-39(18-23(40)17-34-2)30-24-11-14-38(27-10-6-8-22-7-5-9-25(33)29(22)27)19-26(24)36-31(37-30)42-21-32(12-13-32)20-35-3/h4-10,23,35H,1,11-21H2,3H3/t23-/m0/s1. The summed E-state index contributed by atoms with van der Waals surface area (Å²) in [4.78, 5) is 32.4. The van der Waals surface area contributed by atoms with E-state index < -0.39 is 0 Å². The monoisotopic (exact) mass is 585 g/mol. The molecule has 0 bridgehead atoms. The maximum absolute atomic E-state index is 12.5. The van der Waals surface area contributed by atoms with E-state index in [0.717, 1.165) is 70.9 Å². The summed E-state index contributed by atoms with van der Waals surface area (Å²) in [6.07, 6.45) is 4.34. The number of benzene rings is 2. The van der Waals surface area contributed by atoms with Crippen molar-refractivity contribution in [2.45, 2.75) is 31.8 Å². The number of hydrogen-bond acceptors (Lipinski definition) is 7. The van der Waals surface area contributed by atoms with Crippen LogP contribution in [0.3, 0.4) is 0 Å². The van der Waals surface area contributed by atoms with Crippen molar-refractivity contribution < 1.29 is 9.53 Å². The third-order valence-electron chi connectivity index (χ3n) is 8.75. The highest BCUT2D eigenvalue weighted by Gasteiger charge is 2.43. The lowest BCUT2D eigenvalue weighted by Gasteiger charge is -2.41. The molecule has 42 heavy (non-hydrogen) atoms. The number of rotatable bonds is 9. The van der Waals surface area contributed by atoms with E-state index in [1.807, 2.05) is 19.2 Å². The molecule has 10 heteroatoms. The summed E-state index contributed by atoms with van der Waals surface area (Å²) in [5, 5.41) is 6.17. The van der Waals surface area contributed by atoms with Gasteiger partial charge in [-0.3, -0.25) is 4.79 Å². The van der Waals surface area contributed by atoms with Crippen molar-refractivity contribution in [2.75, 3.05) is 62.7 Å². The predicted octanol–water partition coefficient (Wildman–Crippen LogP) is 4.35. The number of anilines is 2. The first-order valence-corrected chi connectivity index (χ1v) is 14.9. The van der Waals surface area contributed by atoms with E-state index in [4.69, 9.17) is 32.9 Å². The summed E-state index contributed by atoms with van der Waals surface area (Å²) in [7, 11) is 1.97. The van der Waals surface area contributed by atoms with Crippen LogP contribution in [-0.2, 0) is 17.8 Å². The summed E-state index contributed by atoms with van der Waals surface area (Å²) >= 11 is 6.69. The van der Waals surface area contributed by atoms with Crippen LogP contribution in [0, 0.1) is 12.0 Å². The zero-order valence-electron chi connectivity index (χ0n) is 24.0. The van der Waals surface area contributed by atoms with Gasteiger partial charge in [0.05, 0.1) is 23.9 Å². The lowest BCUT2D eigenvalue weighted by atomic mass is 10.0. The second-order valence-electron chi connectivity index (χ2n) is 11.5. The molecule has 3 aromatic rings. The van der Waals surface area contributed by atoms with Gasteiger partial charge in [-0.2, -0.15) is 9.97 Å². The molecule has 0 spiro atoms. The SMILES string of the molecule is [C-]#[N+]C[C@H]1CN(c2nc(OCC3(CNC)CC3)nc3c2CCN(c2cccc4cccc(Cl)c24)C3)CCN1C(=O)C=C. The molecule has 1 amide bonds. The third kappa shape index (κ3) is 5.49. The van der Waals surface area contributed by atoms with Crippen LogP contribution < -0.4 is 19.9 Å². The van der Waals surface area contributed by atoms with E-state index >= 15 is 0 Å². The van der Waals surface area contributed by atoms with Gasteiger partial charge in [0.1, 0.15) is 11.9 Å². The maximum atomic E-state index is 12.5. The fourth-order valence-electron chi connectivity index (χ4n) is 6.32. The number of ether oxygens (including phenoxy) is 1. The van der Waals surface area contributed by atoms with E-state index in [9.17, 15) is 4.79 Å². The molecular formula is C32H36ClN7O2. The van der Waals surface area contributed by atoms with Gasteiger partial charge in [-0.25, -0.2) is 6.57 Å². The number of aromatic nitrogens is 2. The second-order valence-corrected chi connectivity index (χ2v) is 11.9. The highest BCUT2D eigenvalue weighted by molar-refractivity contribution is 6.36.